The second-order valence-corrected chi connectivity index (χ2v) is 5.86. The van der Waals surface area contributed by atoms with E-state index in [1.807, 2.05) is 24.3 Å². The lowest BCUT2D eigenvalue weighted by atomic mass is 10.2. The first-order valence-corrected chi connectivity index (χ1v) is 7.60. The third-order valence-corrected chi connectivity index (χ3v) is 3.78. The van der Waals surface area contributed by atoms with Crippen molar-refractivity contribution in [2.45, 2.75) is 0 Å². The zero-order chi connectivity index (χ0) is 15.5. The number of halogens is 3. The van der Waals surface area contributed by atoms with E-state index in [2.05, 4.69) is 4.98 Å². The molecule has 1 aromatic heterocycles. The average molecular weight is 351 g/mol. The maximum atomic E-state index is 6.26. The van der Waals surface area contributed by atoms with Gasteiger partial charge in [-0.05, 0) is 48.0 Å². The molecule has 0 fully saturated rings. The van der Waals surface area contributed by atoms with Crippen LogP contribution >= 0.6 is 34.8 Å². The molecule has 2 nitrogen and oxygen atoms in total. The Hall–Kier alpha value is -1.74. The number of hydrogen-bond donors (Lipinski definition) is 0. The quantitative estimate of drug-likeness (QED) is 0.547. The van der Waals surface area contributed by atoms with Crippen molar-refractivity contribution in [1.82, 2.24) is 4.98 Å². The van der Waals surface area contributed by atoms with E-state index in [1.165, 1.54) is 0 Å². The smallest absolute Gasteiger partial charge is 0.238 e. The molecule has 1 heterocycles. The van der Waals surface area contributed by atoms with E-state index in [0.29, 0.717) is 26.7 Å². The summed E-state index contributed by atoms with van der Waals surface area (Å²) >= 11 is 18.0. The Kier molecular flexibility index (Phi) is 4.53. The monoisotopic (exact) mass is 349 g/mol. The van der Waals surface area contributed by atoms with Crippen molar-refractivity contribution in [1.29, 1.82) is 0 Å². The normalized spacial score (nSPS) is 11.7. The molecule has 22 heavy (non-hydrogen) atoms. The van der Waals surface area contributed by atoms with E-state index in [4.69, 9.17) is 39.2 Å². The fourth-order valence-corrected chi connectivity index (χ4v) is 2.36. The summed E-state index contributed by atoms with van der Waals surface area (Å²) in [6, 6.07) is 14.7. The molecule has 0 aliphatic heterocycles. The van der Waals surface area contributed by atoms with Gasteiger partial charge in [0.2, 0.25) is 5.89 Å². The minimum atomic E-state index is 0.363. The first-order chi connectivity index (χ1) is 10.6. The predicted molar refractivity (Wildman–Crippen MR) is 92.1 cm³/mol. The molecule has 0 atom stereocenters. The molecule has 0 spiro atoms. The molecule has 3 rings (SSSR count). The topological polar surface area (TPSA) is 26.0 Å². The van der Waals surface area contributed by atoms with Crippen molar-refractivity contribution in [3.05, 3.63) is 76.2 Å². The molecule has 0 aliphatic carbocycles. The highest BCUT2D eigenvalue weighted by molar-refractivity contribution is 6.50. The van der Waals surface area contributed by atoms with Crippen LogP contribution in [0.15, 0.2) is 59.1 Å². The molecule has 3 aromatic rings. The molecule has 0 saturated heterocycles. The lowest BCUT2D eigenvalue weighted by Crippen LogP contribution is -1.77. The lowest BCUT2D eigenvalue weighted by Gasteiger charge is -1.97. The van der Waals surface area contributed by atoms with Gasteiger partial charge in [-0.1, -0.05) is 46.9 Å². The van der Waals surface area contributed by atoms with Crippen LogP contribution in [0, 0.1) is 0 Å². The van der Waals surface area contributed by atoms with Gasteiger partial charge in [-0.25, -0.2) is 4.98 Å². The highest BCUT2D eigenvalue weighted by Gasteiger charge is 2.09. The van der Waals surface area contributed by atoms with Gasteiger partial charge in [0.25, 0.3) is 0 Å². The van der Waals surface area contributed by atoms with E-state index >= 15 is 0 Å². The minimum absolute atomic E-state index is 0.363. The van der Waals surface area contributed by atoms with Gasteiger partial charge in [0, 0.05) is 15.6 Å². The number of nitrogens with zero attached hydrogens (tertiary/aromatic N) is 1. The second-order valence-electron chi connectivity index (χ2n) is 4.58. The molecule has 0 radical (unpaired) electrons. The molecule has 0 saturated carbocycles. The van der Waals surface area contributed by atoms with E-state index in [-0.39, 0.29) is 0 Å². The predicted octanol–water partition coefficient (Wildman–Crippen LogP) is 6.39. The summed E-state index contributed by atoms with van der Waals surface area (Å²) in [5.41, 5.74) is 1.81. The summed E-state index contributed by atoms with van der Waals surface area (Å²) < 4.78 is 5.69. The fourth-order valence-electron chi connectivity index (χ4n) is 1.90. The van der Waals surface area contributed by atoms with Crippen molar-refractivity contribution in [3.8, 4) is 11.3 Å². The first kappa shape index (κ1) is 15.2. The maximum absolute atomic E-state index is 6.26. The number of benzene rings is 2. The van der Waals surface area contributed by atoms with Crippen LogP contribution in [0.2, 0.25) is 10.0 Å². The van der Waals surface area contributed by atoms with Crippen LogP contribution in [-0.4, -0.2) is 4.98 Å². The summed E-state index contributed by atoms with van der Waals surface area (Å²) in [6.07, 6.45) is 3.41. The third-order valence-electron chi connectivity index (χ3n) is 3.00. The Morgan fingerprint density at radius 3 is 2.14 bits per heavy atom. The van der Waals surface area contributed by atoms with Crippen molar-refractivity contribution in [2.24, 2.45) is 0 Å². The molecule has 0 aliphatic rings. The molecule has 0 amide bonds. The van der Waals surface area contributed by atoms with Crippen LogP contribution in [0.3, 0.4) is 0 Å². The van der Waals surface area contributed by atoms with E-state index < -0.39 is 0 Å². The van der Waals surface area contributed by atoms with Crippen LogP contribution < -0.4 is 0 Å². The number of hydrogen-bond acceptors (Lipinski definition) is 2. The van der Waals surface area contributed by atoms with Crippen molar-refractivity contribution < 1.29 is 4.42 Å². The van der Waals surface area contributed by atoms with Gasteiger partial charge in [-0.3, -0.25) is 0 Å². The fraction of sp³-hybridized carbons (Fsp3) is 0. The van der Waals surface area contributed by atoms with Gasteiger partial charge in [0.1, 0.15) is 5.03 Å². The first-order valence-electron chi connectivity index (χ1n) is 6.47. The molecule has 5 heteroatoms. The minimum Gasteiger partial charge on any atom is -0.435 e. The molecule has 2 aromatic carbocycles. The van der Waals surface area contributed by atoms with Crippen LogP contribution in [0.4, 0.5) is 0 Å². The number of aromatic nitrogens is 1. The molecular weight excluding hydrogens is 341 g/mol. The highest BCUT2D eigenvalue weighted by atomic mass is 35.5. The Morgan fingerprint density at radius 1 is 0.909 bits per heavy atom. The van der Waals surface area contributed by atoms with Crippen molar-refractivity contribution >= 4 is 45.9 Å². The standard InChI is InChI=1S/C17H10Cl3NO/c18-13-5-1-11(2-6-13)9-15(20)17-21-10-16(22-17)12-3-7-14(19)8-4-12/h1-10H. The van der Waals surface area contributed by atoms with E-state index in [9.17, 15) is 0 Å². The summed E-state index contributed by atoms with van der Waals surface area (Å²) in [5, 5.41) is 1.76. The summed E-state index contributed by atoms with van der Waals surface area (Å²) in [6.45, 7) is 0. The van der Waals surface area contributed by atoms with Crippen molar-refractivity contribution in [2.75, 3.05) is 0 Å². The third kappa shape index (κ3) is 3.53. The highest BCUT2D eigenvalue weighted by Crippen LogP contribution is 2.27. The van der Waals surface area contributed by atoms with E-state index in [1.54, 1.807) is 36.5 Å². The summed E-state index contributed by atoms with van der Waals surface area (Å²) in [5.74, 6) is 0.996. The average Bonchev–Trinajstić information content (AvgIpc) is 3.00. The molecule has 110 valence electrons. The largest absolute Gasteiger partial charge is 0.435 e. The van der Waals surface area contributed by atoms with Crippen LogP contribution in [0.1, 0.15) is 11.5 Å². The summed E-state index contributed by atoms with van der Waals surface area (Å²) in [7, 11) is 0. The number of rotatable bonds is 3. The Balaban J connectivity index is 1.86. The molecule has 0 unspecified atom stereocenters. The molecule has 0 N–H and O–H groups in total. The van der Waals surface area contributed by atoms with E-state index in [0.717, 1.165) is 11.1 Å². The van der Waals surface area contributed by atoms with Gasteiger partial charge >= 0.3 is 0 Å². The Morgan fingerprint density at radius 2 is 1.50 bits per heavy atom. The van der Waals surface area contributed by atoms with Crippen LogP contribution in [0.5, 0.6) is 0 Å². The second kappa shape index (κ2) is 6.57. The Labute approximate surface area is 143 Å². The molecular formula is C17H10Cl3NO. The van der Waals surface area contributed by atoms with Gasteiger partial charge in [-0.2, -0.15) is 0 Å². The van der Waals surface area contributed by atoms with Crippen molar-refractivity contribution in [3.63, 3.8) is 0 Å². The lowest BCUT2D eigenvalue weighted by molar-refractivity contribution is 0.559. The van der Waals surface area contributed by atoms with Gasteiger partial charge in [0.15, 0.2) is 5.76 Å². The maximum Gasteiger partial charge on any atom is 0.238 e. The number of oxazole rings is 1. The Bertz CT molecular complexity index is 805. The van der Waals surface area contributed by atoms with Crippen LogP contribution in [0.25, 0.3) is 22.4 Å². The van der Waals surface area contributed by atoms with Crippen LogP contribution in [-0.2, 0) is 0 Å². The molecule has 0 bridgehead atoms. The van der Waals surface area contributed by atoms with Gasteiger partial charge in [0.05, 0.1) is 6.20 Å². The van der Waals surface area contributed by atoms with Gasteiger partial charge in [-0.15, -0.1) is 0 Å². The zero-order valence-corrected chi connectivity index (χ0v) is 13.5. The zero-order valence-electron chi connectivity index (χ0n) is 11.3. The SMILES string of the molecule is ClC(=Cc1ccc(Cl)cc1)c1ncc(-c2ccc(Cl)cc2)o1. The van der Waals surface area contributed by atoms with Gasteiger partial charge < -0.3 is 4.42 Å². The summed E-state index contributed by atoms with van der Waals surface area (Å²) in [4.78, 5) is 4.20.